The van der Waals surface area contributed by atoms with E-state index in [9.17, 15) is 13.2 Å². The van der Waals surface area contributed by atoms with Crippen LogP contribution in [0.5, 0.6) is 0 Å². The number of sulfonamides is 1. The Kier molecular flexibility index (Phi) is 3.89. The summed E-state index contributed by atoms with van der Waals surface area (Å²) >= 11 is 0. The summed E-state index contributed by atoms with van der Waals surface area (Å²) in [6.45, 7) is 5.40. The molecule has 1 rings (SSSR count). The first-order valence-corrected chi connectivity index (χ1v) is 6.55. The molecule has 0 bridgehead atoms. The number of aryl methyl sites for hydroxylation is 2. The number of imidazole rings is 1. The molecule has 0 fully saturated rings. The van der Waals surface area contributed by atoms with Gasteiger partial charge in [0, 0.05) is 12.7 Å². The monoisotopic (exact) mass is 261 g/mol. The number of aliphatic carboxylic acids is 1. The van der Waals surface area contributed by atoms with Crippen molar-refractivity contribution in [3.05, 3.63) is 12.0 Å². The van der Waals surface area contributed by atoms with E-state index in [0.717, 1.165) is 0 Å². The fraction of sp³-hybridized carbons (Fsp3) is 0.556. The molecule has 8 heteroatoms. The second-order valence-corrected chi connectivity index (χ2v) is 5.25. The van der Waals surface area contributed by atoms with E-state index >= 15 is 0 Å². The molecule has 1 heterocycles. The number of hydrogen-bond donors (Lipinski definition) is 2. The Morgan fingerprint density at radius 2 is 2.24 bits per heavy atom. The zero-order chi connectivity index (χ0) is 13.2. The van der Waals surface area contributed by atoms with Crippen LogP contribution in [0.25, 0.3) is 0 Å². The lowest BCUT2D eigenvalue weighted by Gasteiger charge is -2.07. The highest BCUT2D eigenvalue weighted by atomic mass is 32.2. The number of nitrogens with zero attached hydrogens (tertiary/aromatic N) is 2. The molecule has 1 aromatic rings. The maximum absolute atomic E-state index is 11.8. The van der Waals surface area contributed by atoms with E-state index in [-0.39, 0.29) is 5.03 Å². The highest BCUT2D eigenvalue weighted by molar-refractivity contribution is 7.89. The average Bonchev–Trinajstić information content (AvgIpc) is 2.59. The Hall–Kier alpha value is -1.41. The molecule has 2 N–H and O–H groups in total. The molecule has 1 aromatic heterocycles. The molecular weight excluding hydrogens is 246 g/mol. The first kappa shape index (κ1) is 13.7. The number of aromatic nitrogens is 2. The minimum absolute atomic E-state index is 0.162. The van der Waals surface area contributed by atoms with Crippen LogP contribution in [0.2, 0.25) is 0 Å². The number of rotatable bonds is 5. The summed E-state index contributed by atoms with van der Waals surface area (Å²) in [4.78, 5) is 14.5. The predicted molar refractivity (Wildman–Crippen MR) is 60.1 cm³/mol. The molecule has 0 saturated heterocycles. The molecule has 0 unspecified atom stereocenters. The molecule has 0 amide bonds. The molecule has 0 radical (unpaired) electrons. The van der Waals surface area contributed by atoms with Gasteiger partial charge in [-0.15, -0.1) is 0 Å². The zero-order valence-corrected chi connectivity index (χ0v) is 10.7. The number of hydrogen-bond acceptors (Lipinski definition) is 4. The van der Waals surface area contributed by atoms with Crippen molar-refractivity contribution in [3.8, 4) is 0 Å². The molecule has 0 aliphatic rings. The quantitative estimate of drug-likeness (QED) is 0.774. The summed E-state index contributed by atoms with van der Waals surface area (Å²) in [6.07, 6.45) is 1.38. The lowest BCUT2D eigenvalue weighted by Crippen LogP contribution is -2.38. The van der Waals surface area contributed by atoms with Gasteiger partial charge in [0.05, 0.1) is 0 Å². The van der Waals surface area contributed by atoms with Crippen LogP contribution in [0.3, 0.4) is 0 Å². The minimum atomic E-state index is -3.88. The van der Waals surface area contributed by atoms with E-state index in [1.807, 2.05) is 11.6 Å². The van der Waals surface area contributed by atoms with Crippen LogP contribution in [0.15, 0.2) is 11.2 Å². The van der Waals surface area contributed by atoms with Gasteiger partial charge >= 0.3 is 5.97 Å². The van der Waals surface area contributed by atoms with Crippen LogP contribution in [-0.2, 0) is 21.4 Å². The number of carbonyl (C=O) groups is 1. The highest BCUT2D eigenvalue weighted by Crippen LogP contribution is 2.09. The Bertz CT molecular complexity index is 520. The summed E-state index contributed by atoms with van der Waals surface area (Å²) < 4.78 is 27.3. The van der Waals surface area contributed by atoms with E-state index in [1.54, 1.807) is 11.5 Å². The van der Waals surface area contributed by atoms with Gasteiger partial charge in [-0.3, -0.25) is 4.79 Å². The topological polar surface area (TPSA) is 101 Å². The highest BCUT2D eigenvalue weighted by Gasteiger charge is 2.24. The van der Waals surface area contributed by atoms with E-state index in [0.29, 0.717) is 12.4 Å². The van der Waals surface area contributed by atoms with Gasteiger partial charge in [-0.05, 0) is 20.8 Å². The minimum Gasteiger partial charge on any atom is -0.480 e. The lowest BCUT2D eigenvalue weighted by molar-refractivity contribution is -0.138. The summed E-state index contributed by atoms with van der Waals surface area (Å²) in [5, 5.41) is 8.48. The third-order valence-electron chi connectivity index (χ3n) is 2.27. The molecule has 7 nitrogen and oxygen atoms in total. The zero-order valence-electron chi connectivity index (χ0n) is 9.84. The van der Waals surface area contributed by atoms with Gasteiger partial charge in [-0.2, -0.15) is 4.72 Å². The van der Waals surface area contributed by atoms with Crippen molar-refractivity contribution in [1.82, 2.24) is 14.3 Å². The first-order chi connectivity index (χ1) is 7.77. The van der Waals surface area contributed by atoms with E-state index in [1.165, 1.54) is 13.1 Å². The molecule has 17 heavy (non-hydrogen) atoms. The van der Waals surface area contributed by atoms with E-state index < -0.39 is 22.0 Å². The smallest absolute Gasteiger partial charge is 0.321 e. The van der Waals surface area contributed by atoms with Crippen molar-refractivity contribution in [2.75, 3.05) is 0 Å². The van der Waals surface area contributed by atoms with Gasteiger partial charge < -0.3 is 9.67 Å². The summed E-state index contributed by atoms with van der Waals surface area (Å²) in [6, 6.07) is -1.19. The molecule has 0 saturated carbocycles. The molecule has 0 aromatic carbocycles. The lowest BCUT2D eigenvalue weighted by atomic mass is 10.4. The van der Waals surface area contributed by atoms with Crippen LogP contribution in [-0.4, -0.2) is 35.1 Å². The average molecular weight is 261 g/mol. The van der Waals surface area contributed by atoms with E-state index in [2.05, 4.69) is 4.98 Å². The number of carboxylic acid groups (broad SMARTS) is 1. The first-order valence-electron chi connectivity index (χ1n) is 5.07. The Morgan fingerprint density at radius 3 is 2.65 bits per heavy atom. The Labute approximate surface area is 99.5 Å². The van der Waals surface area contributed by atoms with Gasteiger partial charge in [0.25, 0.3) is 10.0 Å². The Balaban J connectivity index is 3.01. The summed E-state index contributed by atoms with van der Waals surface area (Å²) in [5.41, 5.74) is 0. The van der Waals surface area contributed by atoms with Crippen molar-refractivity contribution >= 4 is 16.0 Å². The van der Waals surface area contributed by atoms with E-state index in [4.69, 9.17) is 5.11 Å². The third kappa shape index (κ3) is 3.04. The van der Waals surface area contributed by atoms with Gasteiger partial charge in [-0.25, -0.2) is 13.4 Å². The molecule has 0 aliphatic carbocycles. The second kappa shape index (κ2) is 4.84. The van der Waals surface area contributed by atoms with Crippen LogP contribution < -0.4 is 4.72 Å². The van der Waals surface area contributed by atoms with Gasteiger partial charge in [0.1, 0.15) is 11.9 Å². The molecular formula is C9H15N3O4S. The van der Waals surface area contributed by atoms with Crippen LogP contribution >= 0.6 is 0 Å². The van der Waals surface area contributed by atoms with Crippen molar-refractivity contribution in [2.24, 2.45) is 0 Å². The molecule has 1 atom stereocenters. The SMILES string of the molecule is CCn1cc(S(=O)(=O)N[C@@H](C)C(=O)O)nc1C. The third-order valence-corrected chi connectivity index (χ3v) is 3.68. The van der Waals surface area contributed by atoms with Crippen molar-refractivity contribution in [3.63, 3.8) is 0 Å². The van der Waals surface area contributed by atoms with Crippen LogP contribution in [0.4, 0.5) is 0 Å². The summed E-state index contributed by atoms with van der Waals surface area (Å²) in [7, 11) is -3.88. The standard InChI is InChI=1S/C9H15N3O4S/c1-4-12-5-8(10-7(12)3)17(15,16)11-6(2)9(13)14/h5-6,11H,4H2,1-3H3,(H,13,14)/t6-/m0/s1. The molecule has 0 spiro atoms. The number of carboxylic acids is 1. The molecule has 96 valence electrons. The van der Waals surface area contributed by atoms with Gasteiger partial charge in [0.15, 0.2) is 5.03 Å². The maximum atomic E-state index is 11.8. The summed E-state index contributed by atoms with van der Waals surface area (Å²) in [5.74, 6) is -0.670. The largest absolute Gasteiger partial charge is 0.480 e. The van der Waals surface area contributed by atoms with Crippen molar-refractivity contribution < 1.29 is 18.3 Å². The fourth-order valence-electron chi connectivity index (χ4n) is 1.27. The normalized spacial score (nSPS) is 13.6. The van der Waals surface area contributed by atoms with Gasteiger partial charge in [0.2, 0.25) is 0 Å². The van der Waals surface area contributed by atoms with Crippen LogP contribution in [0.1, 0.15) is 19.7 Å². The Morgan fingerprint density at radius 1 is 1.65 bits per heavy atom. The number of nitrogens with one attached hydrogen (secondary N) is 1. The van der Waals surface area contributed by atoms with Crippen molar-refractivity contribution in [2.45, 2.75) is 38.4 Å². The van der Waals surface area contributed by atoms with Crippen molar-refractivity contribution in [1.29, 1.82) is 0 Å². The van der Waals surface area contributed by atoms with Crippen LogP contribution in [0, 0.1) is 6.92 Å². The molecule has 0 aliphatic heterocycles. The second-order valence-electron chi connectivity index (χ2n) is 3.59. The fourth-order valence-corrected chi connectivity index (χ4v) is 2.48. The predicted octanol–water partition coefficient (Wildman–Crippen LogP) is -0.0372. The van der Waals surface area contributed by atoms with Gasteiger partial charge in [-0.1, -0.05) is 0 Å². The maximum Gasteiger partial charge on any atom is 0.321 e.